The maximum atomic E-state index is 12.8. The molecule has 0 spiro atoms. The summed E-state index contributed by atoms with van der Waals surface area (Å²) in [6.45, 7) is 0. The molecule has 0 bridgehead atoms. The Morgan fingerprint density at radius 2 is 1.58 bits per heavy atom. The summed E-state index contributed by atoms with van der Waals surface area (Å²) in [4.78, 5) is 12.8. The van der Waals surface area contributed by atoms with Crippen molar-refractivity contribution in [1.29, 1.82) is 0 Å². The molecule has 1 heterocycles. The van der Waals surface area contributed by atoms with Crippen LogP contribution >= 0.6 is 0 Å². The van der Waals surface area contributed by atoms with E-state index >= 15 is 0 Å². The number of phenols is 5. The first-order valence-corrected chi connectivity index (χ1v) is 9.73. The van der Waals surface area contributed by atoms with Crippen molar-refractivity contribution in [3.63, 3.8) is 0 Å². The van der Waals surface area contributed by atoms with E-state index in [1.54, 1.807) is 0 Å². The largest absolute Gasteiger partial charge is 0.508 e. The highest BCUT2D eigenvalue weighted by atomic mass is 16.6. The maximum absolute atomic E-state index is 12.8. The number of aromatic hydroxyl groups is 5. The minimum absolute atomic E-state index is 0.0645. The van der Waals surface area contributed by atoms with Crippen LogP contribution in [0.25, 0.3) is 0 Å². The molecule has 0 amide bonds. The van der Waals surface area contributed by atoms with E-state index < -0.39 is 53.0 Å². The van der Waals surface area contributed by atoms with Gasteiger partial charge in [-0.25, -0.2) is 4.79 Å². The van der Waals surface area contributed by atoms with Gasteiger partial charge in [-0.3, -0.25) is 0 Å². The van der Waals surface area contributed by atoms with Gasteiger partial charge < -0.3 is 50.3 Å². The molecule has 0 saturated heterocycles. The zero-order valence-electron chi connectivity index (χ0n) is 16.8. The molecule has 8 N–H and O–H groups in total. The Bertz CT molecular complexity index is 1170. The Balaban J connectivity index is 1.72. The first-order valence-electron chi connectivity index (χ1n) is 9.73. The van der Waals surface area contributed by atoms with Crippen LogP contribution in [0.15, 0.2) is 47.4 Å². The Hall–Kier alpha value is -4.25. The van der Waals surface area contributed by atoms with Crippen molar-refractivity contribution in [2.24, 2.45) is 0 Å². The van der Waals surface area contributed by atoms with Gasteiger partial charge >= 0.3 is 5.97 Å². The van der Waals surface area contributed by atoms with E-state index in [4.69, 9.17) is 9.47 Å². The lowest BCUT2D eigenvalue weighted by Crippen LogP contribution is -2.35. The average Bonchev–Trinajstić information content (AvgIpc) is 2.75. The van der Waals surface area contributed by atoms with Crippen molar-refractivity contribution >= 4 is 5.97 Å². The Labute approximate surface area is 185 Å². The van der Waals surface area contributed by atoms with Gasteiger partial charge in [-0.15, -0.1) is 0 Å². The van der Waals surface area contributed by atoms with Gasteiger partial charge in [0.25, 0.3) is 0 Å². The molecule has 2 aromatic carbocycles. The molecule has 0 fully saturated rings. The number of benzene rings is 2. The second kappa shape index (κ2) is 8.02. The number of aliphatic hydroxyl groups excluding tert-OH is 3. The number of fused-ring (bicyclic) bond motifs is 1. The fraction of sp³-hybridized carbons (Fsp3) is 0.227. The summed E-state index contributed by atoms with van der Waals surface area (Å²) < 4.78 is 11.3. The van der Waals surface area contributed by atoms with E-state index in [1.165, 1.54) is 6.07 Å². The third-order valence-electron chi connectivity index (χ3n) is 5.41. The monoisotopic (exact) mass is 460 g/mol. The predicted molar refractivity (Wildman–Crippen MR) is 109 cm³/mol. The number of rotatable bonds is 3. The van der Waals surface area contributed by atoms with Crippen molar-refractivity contribution in [3.05, 3.63) is 58.6 Å². The van der Waals surface area contributed by atoms with Crippen LogP contribution in [0.4, 0.5) is 0 Å². The van der Waals surface area contributed by atoms with Crippen LogP contribution in [-0.2, 0) is 16.0 Å². The molecule has 11 nitrogen and oxygen atoms in total. The van der Waals surface area contributed by atoms with Crippen molar-refractivity contribution in [2.75, 3.05) is 0 Å². The van der Waals surface area contributed by atoms with Crippen molar-refractivity contribution < 1.29 is 55.1 Å². The quantitative estimate of drug-likeness (QED) is 0.246. The summed E-state index contributed by atoms with van der Waals surface area (Å²) in [6.07, 6.45) is -3.30. The Kier molecular flexibility index (Phi) is 5.34. The van der Waals surface area contributed by atoms with Gasteiger partial charge in [0.1, 0.15) is 29.5 Å². The van der Waals surface area contributed by atoms with Gasteiger partial charge in [-0.2, -0.15) is 0 Å². The summed E-state index contributed by atoms with van der Waals surface area (Å²) in [7, 11) is 0. The third-order valence-corrected chi connectivity index (χ3v) is 5.41. The van der Waals surface area contributed by atoms with E-state index in [-0.39, 0.29) is 46.8 Å². The van der Waals surface area contributed by atoms with Crippen molar-refractivity contribution in [3.8, 4) is 34.5 Å². The maximum Gasteiger partial charge on any atom is 0.334 e. The smallest absolute Gasteiger partial charge is 0.334 e. The van der Waals surface area contributed by atoms with Gasteiger partial charge in [-0.1, -0.05) is 0 Å². The van der Waals surface area contributed by atoms with Gasteiger partial charge in [0.2, 0.25) is 0 Å². The van der Waals surface area contributed by atoms with Crippen LogP contribution in [0.5, 0.6) is 34.5 Å². The second-order valence-corrected chi connectivity index (χ2v) is 7.70. The molecule has 33 heavy (non-hydrogen) atoms. The molecular formula is C22H20O11. The number of hydrogen-bond donors (Lipinski definition) is 8. The predicted octanol–water partition coefficient (Wildman–Crippen LogP) is 1.82. The van der Waals surface area contributed by atoms with E-state index in [2.05, 4.69) is 0 Å². The van der Waals surface area contributed by atoms with E-state index in [9.17, 15) is 45.6 Å². The van der Waals surface area contributed by atoms with Crippen LogP contribution in [0.3, 0.4) is 0 Å². The molecule has 0 saturated carbocycles. The summed E-state index contributed by atoms with van der Waals surface area (Å²) in [5, 5.41) is 78.5. The van der Waals surface area contributed by atoms with Crippen LogP contribution in [0.1, 0.15) is 23.7 Å². The van der Waals surface area contributed by atoms with E-state index in [1.807, 2.05) is 0 Å². The minimum atomic E-state index is -1.50. The number of aliphatic hydroxyl groups is 3. The van der Waals surface area contributed by atoms with Crippen LogP contribution < -0.4 is 4.74 Å². The van der Waals surface area contributed by atoms with Crippen LogP contribution in [0, 0.1) is 0 Å². The molecule has 2 aromatic rings. The Morgan fingerprint density at radius 1 is 0.909 bits per heavy atom. The zero-order chi connectivity index (χ0) is 24.0. The fourth-order valence-corrected chi connectivity index (χ4v) is 3.75. The summed E-state index contributed by atoms with van der Waals surface area (Å²) >= 11 is 0. The molecule has 3 atom stereocenters. The number of esters is 1. The SMILES string of the molecule is O=C(OC1Cc2c(O)cc(O)cc2OC1c1cc(O)c(O)c(O)c1)C1=CC(O)=C(O)C(O)C1. The van der Waals surface area contributed by atoms with E-state index in [0.717, 1.165) is 24.3 Å². The lowest BCUT2D eigenvalue weighted by atomic mass is 9.93. The molecule has 0 aromatic heterocycles. The molecule has 1 aliphatic heterocycles. The normalized spacial score (nSPS) is 22.2. The zero-order valence-corrected chi connectivity index (χ0v) is 16.8. The lowest BCUT2D eigenvalue weighted by molar-refractivity contribution is -0.151. The number of carbonyl (C=O) groups is 1. The van der Waals surface area contributed by atoms with Crippen LogP contribution in [0.2, 0.25) is 0 Å². The molecule has 4 rings (SSSR count). The molecule has 11 heteroatoms. The van der Waals surface area contributed by atoms with Crippen molar-refractivity contribution in [2.45, 2.75) is 31.2 Å². The first kappa shape index (κ1) is 22.0. The topological polar surface area (TPSA) is 197 Å². The molecular weight excluding hydrogens is 440 g/mol. The molecule has 0 radical (unpaired) electrons. The number of ether oxygens (including phenoxy) is 2. The van der Waals surface area contributed by atoms with Crippen molar-refractivity contribution in [1.82, 2.24) is 0 Å². The highest BCUT2D eigenvalue weighted by Crippen LogP contribution is 2.45. The summed E-state index contributed by atoms with van der Waals surface area (Å²) in [5.74, 6) is -4.96. The third kappa shape index (κ3) is 4.01. The van der Waals surface area contributed by atoms with Gasteiger partial charge in [-0.05, 0) is 18.2 Å². The molecule has 174 valence electrons. The molecule has 2 aliphatic rings. The summed E-state index contributed by atoms with van der Waals surface area (Å²) in [5.41, 5.74) is 0.174. The molecule has 1 aliphatic carbocycles. The first-order chi connectivity index (χ1) is 15.5. The average molecular weight is 460 g/mol. The molecule has 3 unspecified atom stereocenters. The number of phenolic OH excluding ortho intramolecular Hbond substituents is 5. The highest BCUT2D eigenvalue weighted by molar-refractivity contribution is 5.89. The number of carbonyl (C=O) groups excluding carboxylic acids is 1. The minimum Gasteiger partial charge on any atom is -0.508 e. The van der Waals surface area contributed by atoms with E-state index in [0.29, 0.717) is 0 Å². The van der Waals surface area contributed by atoms with Crippen LogP contribution in [-0.4, -0.2) is 59.0 Å². The number of allylic oxidation sites excluding steroid dienone is 1. The van der Waals surface area contributed by atoms with Gasteiger partial charge in [0.15, 0.2) is 34.9 Å². The highest BCUT2D eigenvalue weighted by Gasteiger charge is 2.38. The van der Waals surface area contributed by atoms with Gasteiger partial charge in [0.05, 0.1) is 0 Å². The number of hydrogen-bond acceptors (Lipinski definition) is 11. The second-order valence-electron chi connectivity index (χ2n) is 7.70. The Morgan fingerprint density at radius 3 is 2.21 bits per heavy atom. The standard InChI is InChI=1S/C22H20O11/c23-10-5-12(24)11-7-18(33-22(31)9-3-15(27)20(30)16(28)4-9)21(32-17(11)6-10)8-1-13(25)19(29)14(26)2-8/h1-3,5-6,16,18,21,23-30H,4,7H2. The van der Waals surface area contributed by atoms with Gasteiger partial charge in [0, 0.05) is 41.7 Å². The lowest BCUT2D eigenvalue weighted by Gasteiger charge is -2.34. The summed E-state index contributed by atoms with van der Waals surface area (Å²) in [6, 6.07) is 4.48. The fourth-order valence-electron chi connectivity index (χ4n) is 3.75.